The number of rotatable bonds is 3. The Morgan fingerprint density at radius 2 is 2.32 bits per heavy atom. The van der Waals surface area contributed by atoms with Gasteiger partial charge in [-0.15, -0.1) is 0 Å². The molecule has 0 bridgehead atoms. The zero-order valence-electron chi connectivity index (χ0n) is 11.3. The van der Waals surface area contributed by atoms with E-state index in [1.54, 1.807) is 30.0 Å². The maximum Gasteiger partial charge on any atom is 0.256 e. The smallest absolute Gasteiger partial charge is 0.256 e. The molecule has 0 radical (unpaired) electrons. The van der Waals surface area contributed by atoms with Crippen molar-refractivity contribution in [3.05, 3.63) is 23.8 Å². The molecule has 104 valence electrons. The molecular weight excluding hydrogens is 244 g/mol. The van der Waals surface area contributed by atoms with E-state index in [0.29, 0.717) is 30.1 Å². The summed E-state index contributed by atoms with van der Waals surface area (Å²) in [5.41, 5.74) is 6.77. The van der Waals surface area contributed by atoms with E-state index < -0.39 is 0 Å². The quantitative estimate of drug-likeness (QED) is 0.802. The molecular formula is C14H20N2O3. The molecule has 0 spiro atoms. The van der Waals surface area contributed by atoms with Gasteiger partial charge in [-0.3, -0.25) is 4.79 Å². The highest BCUT2D eigenvalue weighted by molar-refractivity contribution is 6.00. The molecule has 0 aliphatic carbocycles. The average Bonchev–Trinajstić information content (AvgIpc) is 2.88. The normalized spacial score (nSPS) is 20.4. The van der Waals surface area contributed by atoms with Crippen LogP contribution < -0.4 is 10.5 Å². The Hall–Kier alpha value is -1.75. The van der Waals surface area contributed by atoms with Crippen molar-refractivity contribution in [2.24, 2.45) is 5.92 Å². The molecule has 2 rings (SSSR count). The van der Waals surface area contributed by atoms with E-state index in [9.17, 15) is 9.90 Å². The summed E-state index contributed by atoms with van der Waals surface area (Å²) in [4.78, 5) is 14.2. The summed E-state index contributed by atoms with van der Waals surface area (Å²) in [7, 11) is 1.53. The number of amides is 1. The van der Waals surface area contributed by atoms with Crippen molar-refractivity contribution in [1.82, 2.24) is 4.90 Å². The van der Waals surface area contributed by atoms with Gasteiger partial charge >= 0.3 is 0 Å². The number of aliphatic hydroxyl groups is 1. The summed E-state index contributed by atoms with van der Waals surface area (Å²) in [6.45, 7) is 3.00. The molecule has 1 aromatic rings. The topological polar surface area (TPSA) is 75.8 Å². The summed E-state index contributed by atoms with van der Waals surface area (Å²) in [5, 5.41) is 9.58. The summed E-state index contributed by atoms with van der Waals surface area (Å²) >= 11 is 0. The van der Waals surface area contributed by atoms with Crippen molar-refractivity contribution in [3.63, 3.8) is 0 Å². The minimum Gasteiger partial charge on any atom is -0.495 e. The van der Waals surface area contributed by atoms with Crippen LogP contribution in [0.5, 0.6) is 5.75 Å². The van der Waals surface area contributed by atoms with Gasteiger partial charge in [-0.25, -0.2) is 0 Å². The summed E-state index contributed by atoms with van der Waals surface area (Å²) < 4.78 is 5.12. The van der Waals surface area contributed by atoms with Gasteiger partial charge in [0.25, 0.3) is 5.91 Å². The van der Waals surface area contributed by atoms with Crippen molar-refractivity contribution in [1.29, 1.82) is 0 Å². The number of carbonyl (C=O) groups is 1. The van der Waals surface area contributed by atoms with Crippen LogP contribution in [0.1, 0.15) is 23.7 Å². The predicted octanol–water partition coefficient (Wildman–Crippen LogP) is 1.12. The van der Waals surface area contributed by atoms with Crippen LogP contribution >= 0.6 is 0 Å². The first-order valence-corrected chi connectivity index (χ1v) is 6.44. The molecule has 1 saturated heterocycles. The molecule has 1 aliphatic rings. The molecule has 1 aromatic carbocycles. The number of nitrogens with zero attached hydrogens (tertiary/aromatic N) is 1. The maximum absolute atomic E-state index is 12.4. The van der Waals surface area contributed by atoms with Crippen LogP contribution in [0.4, 0.5) is 5.69 Å². The molecule has 0 saturated carbocycles. The third kappa shape index (κ3) is 2.66. The molecule has 5 nitrogen and oxygen atoms in total. The minimum atomic E-state index is -0.388. The number of methoxy groups -OCH3 is 1. The number of likely N-dealkylation sites (tertiary alicyclic amines) is 1. The minimum absolute atomic E-state index is 0.0976. The van der Waals surface area contributed by atoms with Crippen molar-refractivity contribution in [2.45, 2.75) is 19.4 Å². The number of anilines is 1. The van der Waals surface area contributed by atoms with Crippen LogP contribution in [-0.2, 0) is 0 Å². The van der Waals surface area contributed by atoms with E-state index >= 15 is 0 Å². The Morgan fingerprint density at radius 1 is 1.58 bits per heavy atom. The predicted molar refractivity (Wildman–Crippen MR) is 73.1 cm³/mol. The lowest BCUT2D eigenvalue weighted by atomic mass is 10.0. The van der Waals surface area contributed by atoms with Crippen molar-refractivity contribution < 1.29 is 14.6 Å². The zero-order valence-corrected chi connectivity index (χ0v) is 11.3. The third-order valence-electron chi connectivity index (χ3n) is 3.71. The molecule has 2 atom stereocenters. The van der Waals surface area contributed by atoms with E-state index in [1.807, 2.05) is 0 Å². The van der Waals surface area contributed by atoms with Crippen molar-refractivity contribution >= 4 is 11.6 Å². The summed E-state index contributed by atoms with van der Waals surface area (Å²) in [5.74, 6) is 0.562. The van der Waals surface area contributed by atoms with Gasteiger partial charge in [-0.2, -0.15) is 0 Å². The summed E-state index contributed by atoms with van der Waals surface area (Å²) in [6.07, 6.45) is 0.438. The van der Waals surface area contributed by atoms with Crippen molar-refractivity contribution in [2.75, 3.05) is 25.9 Å². The standard InChI is InChI=1S/C14H20N2O3/c1-9(17)10-6-7-16(8-10)14(18)11-4-3-5-12(19-2)13(11)15/h3-5,9-10,17H,6-8,15H2,1-2H3. The molecule has 5 heteroatoms. The molecule has 3 N–H and O–H groups in total. The fraction of sp³-hybridized carbons (Fsp3) is 0.500. The number of hydrogen-bond acceptors (Lipinski definition) is 4. The fourth-order valence-corrected chi connectivity index (χ4v) is 2.44. The zero-order chi connectivity index (χ0) is 14.0. The molecule has 1 amide bonds. The molecule has 0 aromatic heterocycles. The second-order valence-corrected chi connectivity index (χ2v) is 4.96. The second kappa shape index (κ2) is 5.48. The first-order valence-electron chi connectivity index (χ1n) is 6.44. The first kappa shape index (κ1) is 13.7. The highest BCUT2D eigenvalue weighted by Crippen LogP contribution is 2.28. The van der Waals surface area contributed by atoms with Gasteiger partial charge in [0, 0.05) is 19.0 Å². The highest BCUT2D eigenvalue weighted by atomic mass is 16.5. The Bertz CT molecular complexity index is 474. The number of nitrogen functional groups attached to an aromatic ring is 1. The van der Waals surface area contributed by atoms with Gasteiger partial charge < -0.3 is 20.5 Å². The molecule has 1 aliphatic heterocycles. The Labute approximate surface area is 113 Å². The summed E-state index contributed by atoms with van der Waals surface area (Å²) in [6, 6.07) is 5.19. The van der Waals surface area contributed by atoms with Crippen LogP contribution in [0.25, 0.3) is 0 Å². The average molecular weight is 264 g/mol. The van der Waals surface area contributed by atoms with E-state index in [2.05, 4.69) is 0 Å². The van der Waals surface area contributed by atoms with Crippen LogP contribution in [0, 0.1) is 5.92 Å². The number of benzene rings is 1. The lowest BCUT2D eigenvalue weighted by molar-refractivity contribution is 0.0763. The van der Waals surface area contributed by atoms with Crippen LogP contribution in [0.15, 0.2) is 18.2 Å². The first-order chi connectivity index (χ1) is 9.04. The Balaban J connectivity index is 2.17. The van der Waals surface area contributed by atoms with E-state index in [4.69, 9.17) is 10.5 Å². The van der Waals surface area contributed by atoms with E-state index in [1.165, 1.54) is 7.11 Å². The fourth-order valence-electron chi connectivity index (χ4n) is 2.44. The van der Waals surface area contributed by atoms with Crippen LogP contribution in [0.3, 0.4) is 0 Å². The molecule has 1 heterocycles. The maximum atomic E-state index is 12.4. The Morgan fingerprint density at radius 3 is 2.89 bits per heavy atom. The number of nitrogens with two attached hydrogens (primary N) is 1. The highest BCUT2D eigenvalue weighted by Gasteiger charge is 2.30. The number of hydrogen-bond donors (Lipinski definition) is 2. The van der Waals surface area contributed by atoms with Gasteiger partial charge in [-0.1, -0.05) is 6.07 Å². The largest absolute Gasteiger partial charge is 0.495 e. The number of para-hydroxylation sites is 1. The number of carbonyl (C=O) groups excluding carboxylic acids is 1. The number of aliphatic hydroxyl groups excluding tert-OH is 1. The van der Waals surface area contributed by atoms with Gasteiger partial charge in [-0.05, 0) is 25.5 Å². The Kier molecular flexibility index (Phi) is 3.95. The van der Waals surface area contributed by atoms with Gasteiger partial charge in [0.05, 0.1) is 24.5 Å². The molecule has 1 fully saturated rings. The van der Waals surface area contributed by atoms with Gasteiger partial charge in [0.1, 0.15) is 5.75 Å². The van der Waals surface area contributed by atoms with Crippen LogP contribution in [-0.4, -0.2) is 42.2 Å². The van der Waals surface area contributed by atoms with Crippen LogP contribution in [0.2, 0.25) is 0 Å². The SMILES string of the molecule is COc1cccc(C(=O)N2CCC(C(C)O)C2)c1N. The lowest BCUT2D eigenvalue weighted by Gasteiger charge is -2.19. The monoisotopic (exact) mass is 264 g/mol. The lowest BCUT2D eigenvalue weighted by Crippen LogP contribution is -2.31. The molecule has 2 unspecified atom stereocenters. The van der Waals surface area contributed by atoms with E-state index in [0.717, 1.165) is 6.42 Å². The van der Waals surface area contributed by atoms with E-state index in [-0.39, 0.29) is 17.9 Å². The third-order valence-corrected chi connectivity index (χ3v) is 3.71. The number of ether oxygens (including phenoxy) is 1. The van der Waals surface area contributed by atoms with Gasteiger partial charge in [0.15, 0.2) is 0 Å². The van der Waals surface area contributed by atoms with Gasteiger partial charge in [0.2, 0.25) is 0 Å². The van der Waals surface area contributed by atoms with Crippen molar-refractivity contribution in [3.8, 4) is 5.75 Å². The second-order valence-electron chi connectivity index (χ2n) is 4.96. The molecule has 19 heavy (non-hydrogen) atoms.